The first kappa shape index (κ1) is 21.9. The maximum atomic E-state index is 12.5. The summed E-state index contributed by atoms with van der Waals surface area (Å²) in [5.74, 6) is -1.16. The first-order valence-electron chi connectivity index (χ1n) is 9.18. The van der Waals surface area contributed by atoms with Gasteiger partial charge in [-0.1, -0.05) is 29.8 Å². The normalized spacial score (nSPS) is 12.1. The molecule has 1 amide bonds. The predicted molar refractivity (Wildman–Crippen MR) is 110 cm³/mol. The molecule has 0 aliphatic carbocycles. The molecule has 0 radical (unpaired) electrons. The molecule has 0 aliphatic heterocycles. The minimum atomic E-state index is -0.984. The number of aryl methyl sites for hydroxylation is 2. The lowest BCUT2D eigenvalue weighted by molar-refractivity contribution is -0.153. The number of halogens is 1. The van der Waals surface area contributed by atoms with Gasteiger partial charge in [-0.2, -0.15) is 0 Å². The van der Waals surface area contributed by atoms with E-state index in [1.54, 1.807) is 18.2 Å². The summed E-state index contributed by atoms with van der Waals surface area (Å²) in [6.45, 7) is 7.77. The quantitative estimate of drug-likeness (QED) is 0.688. The summed E-state index contributed by atoms with van der Waals surface area (Å²) in [6, 6.07) is 10.9. The lowest BCUT2D eigenvalue weighted by atomic mass is 10.0. The Morgan fingerprint density at radius 2 is 1.82 bits per heavy atom. The van der Waals surface area contributed by atoms with Gasteiger partial charge in [-0.3, -0.25) is 4.79 Å². The first-order chi connectivity index (χ1) is 13.2. The molecule has 0 aliphatic rings. The summed E-state index contributed by atoms with van der Waals surface area (Å²) in [4.78, 5) is 23.9. The molecule has 2 rings (SSSR count). The molecule has 6 heteroatoms. The van der Waals surface area contributed by atoms with Crippen molar-refractivity contribution >= 4 is 23.5 Å². The zero-order valence-corrected chi connectivity index (χ0v) is 17.3. The van der Waals surface area contributed by atoms with Gasteiger partial charge in [0.25, 0.3) is 5.91 Å². The maximum absolute atomic E-state index is 12.5. The number of carbonyl (C=O) groups is 2. The summed E-state index contributed by atoms with van der Waals surface area (Å²) in [7, 11) is 0. The van der Waals surface area contributed by atoms with Gasteiger partial charge in [0.1, 0.15) is 0 Å². The van der Waals surface area contributed by atoms with Crippen LogP contribution < -0.4 is 5.32 Å². The minimum absolute atomic E-state index is 0.173. The molecule has 0 fully saturated rings. The standard InChI is InChI=1S/C22H26ClNO4/c1-13(2)28-20(22(26)27)11-16-6-5-14(3)17(10-16)12-24-21(25)19-8-7-18(23)9-15(19)4/h5-10,13,20H,11-12H2,1-4H3,(H,24,25)(H,26,27). The van der Waals surface area contributed by atoms with Gasteiger partial charge in [-0.25, -0.2) is 4.79 Å². The molecule has 2 aromatic rings. The largest absolute Gasteiger partial charge is 0.479 e. The van der Waals surface area contributed by atoms with Gasteiger partial charge < -0.3 is 15.2 Å². The van der Waals surface area contributed by atoms with Crippen molar-refractivity contribution in [3.63, 3.8) is 0 Å². The maximum Gasteiger partial charge on any atom is 0.333 e. The number of ether oxygens (including phenoxy) is 1. The van der Waals surface area contributed by atoms with Gasteiger partial charge in [-0.15, -0.1) is 0 Å². The summed E-state index contributed by atoms with van der Waals surface area (Å²) < 4.78 is 5.48. The Kier molecular flexibility index (Phi) is 7.61. The van der Waals surface area contributed by atoms with Crippen LogP contribution in [0.4, 0.5) is 0 Å². The molecule has 0 heterocycles. The fourth-order valence-corrected chi connectivity index (χ4v) is 3.16. The molecule has 1 atom stereocenters. The van der Waals surface area contributed by atoms with E-state index in [1.807, 2.05) is 45.9 Å². The van der Waals surface area contributed by atoms with E-state index in [4.69, 9.17) is 16.3 Å². The number of benzene rings is 2. The Morgan fingerprint density at radius 1 is 1.11 bits per heavy atom. The van der Waals surface area contributed by atoms with Crippen molar-refractivity contribution in [3.8, 4) is 0 Å². The minimum Gasteiger partial charge on any atom is -0.479 e. The molecule has 1 unspecified atom stereocenters. The van der Waals surface area contributed by atoms with Crippen molar-refractivity contribution in [2.75, 3.05) is 0 Å². The van der Waals surface area contributed by atoms with Crippen LogP contribution in [0.3, 0.4) is 0 Å². The predicted octanol–water partition coefficient (Wildman–Crippen LogP) is 4.31. The van der Waals surface area contributed by atoms with Crippen molar-refractivity contribution < 1.29 is 19.4 Å². The van der Waals surface area contributed by atoms with Crippen LogP contribution in [0.15, 0.2) is 36.4 Å². The van der Waals surface area contributed by atoms with Crippen LogP contribution >= 0.6 is 11.6 Å². The first-order valence-corrected chi connectivity index (χ1v) is 9.56. The van der Waals surface area contributed by atoms with Crippen LogP contribution in [0.25, 0.3) is 0 Å². The van der Waals surface area contributed by atoms with Crippen LogP contribution in [-0.4, -0.2) is 29.2 Å². The average molecular weight is 404 g/mol. The molecule has 0 aromatic heterocycles. The molecule has 0 saturated heterocycles. The topological polar surface area (TPSA) is 75.6 Å². The van der Waals surface area contributed by atoms with Gasteiger partial charge in [-0.05, 0) is 68.1 Å². The average Bonchev–Trinajstić information content (AvgIpc) is 2.60. The second kappa shape index (κ2) is 9.71. The zero-order valence-electron chi connectivity index (χ0n) is 16.6. The van der Waals surface area contributed by atoms with E-state index in [-0.39, 0.29) is 18.4 Å². The van der Waals surface area contributed by atoms with E-state index in [2.05, 4.69) is 5.32 Å². The van der Waals surface area contributed by atoms with Crippen molar-refractivity contribution in [1.29, 1.82) is 0 Å². The molecule has 0 bridgehead atoms. The second-order valence-electron chi connectivity index (χ2n) is 7.12. The number of carbonyl (C=O) groups excluding carboxylic acids is 1. The highest BCUT2D eigenvalue weighted by molar-refractivity contribution is 6.30. The van der Waals surface area contributed by atoms with Crippen molar-refractivity contribution in [3.05, 3.63) is 69.2 Å². The van der Waals surface area contributed by atoms with Gasteiger partial charge in [0, 0.05) is 23.6 Å². The molecule has 28 heavy (non-hydrogen) atoms. The smallest absolute Gasteiger partial charge is 0.333 e. The van der Waals surface area contributed by atoms with Crippen molar-refractivity contribution in [1.82, 2.24) is 5.32 Å². The van der Waals surface area contributed by atoms with Crippen molar-refractivity contribution in [2.24, 2.45) is 0 Å². The highest BCUT2D eigenvalue weighted by atomic mass is 35.5. The lowest BCUT2D eigenvalue weighted by Crippen LogP contribution is -2.29. The number of hydrogen-bond acceptors (Lipinski definition) is 3. The Balaban J connectivity index is 2.10. The summed E-state index contributed by atoms with van der Waals surface area (Å²) in [5, 5.41) is 12.9. The summed E-state index contributed by atoms with van der Waals surface area (Å²) in [5.41, 5.74) is 4.20. The summed E-state index contributed by atoms with van der Waals surface area (Å²) >= 11 is 5.94. The van der Waals surface area contributed by atoms with Crippen molar-refractivity contribution in [2.45, 2.75) is 52.9 Å². The van der Waals surface area contributed by atoms with E-state index in [0.29, 0.717) is 17.1 Å². The van der Waals surface area contributed by atoms with Crippen LogP contribution in [-0.2, 0) is 22.5 Å². The zero-order chi connectivity index (χ0) is 20.8. The molecule has 2 N–H and O–H groups in total. The Bertz CT molecular complexity index is 864. The van der Waals surface area contributed by atoms with Gasteiger partial charge in [0.05, 0.1) is 6.10 Å². The number of carboxylic acids is 1. The molecule has 150 valence electrons. The highest BCUT2D eigenvalue weighted by Gasteiger charge is 2.20. The van der Waals surface area contributed by atoms with E-state index in [0.717, 1.165) is 22.3 Å². The SMILES string of the molecule is Cc1ccc(CC(OC(C)C)C(=O)O)cc1CNC(=O)c1ccc(Cl)cc1C. The van der Waals surface area contributed by atoms with Crippen LogP contribution in [0.2, 0.25) is 5.02 Å². The molecular weight excluding hydrogens is 378 g/mol. The van der Waals surface area contributed by atoms with Gasteiger partial charge in [0.2, 0.25) is 0 Å². The summed E-state index contributed by atoms with van der Waals surface area (Å²) in [6.07, 6.45) is -0.805. The number of rotatable bonds is 8. The third-order valence-corrected chi connectivity index (χ3v) is 4.65. The Labute approximate surface area is 170 Å². The van der Waals surface area contributed by atoms with E-state index < -0.39 is 12.1 Å². The number of carboxylic acid groups (broad SMARTS) is 1. The Hall–Kier alpha value is -2.37. The van der Waals surface area contributed by atoms with E-state index >= 15 is 0 Å². The molecular formula is C22H26ClNO4. The number of aliphatic carboxylic acids is 1. The third kappa shape index (κ3) is 6.08. The second-order valence-corrected chi connectivity index (χ2v) is 7.56. The van der Waals surface area contributed by atoms with E-state index in [9.17, 15) is 14.7 Å². The molecule has 0 saturated carbocycles. The lowest BCUT2D eigenvalue weighted by Gasteiger charge is -2.17. The molecule has 5 nitrogen and oxygen atoms in total. The number of hydrogen-bond donors (Lipinski definition) is 2. The van der Waals surface area contributed by atoms with Crippen LogP contribution in [0, 0.1) is 13.8 Å². The monoisotopic (exact) mass is 403 g/mol. The van der Waals surface area contributed by atoms with Crippen LogP contribution in [0.1, 0.15) is 46.5 Å². The number of nitrogens with one attached hydrogen (secondary N) is 1. The van der Waals surface area contributed by atoms with Gasteiger partial charge in [0.15, 0.2) is 6.10 Å². The fourth-order valence-electron chi connectivity index (χ4n) is 2.93. The Morgan fingerprint density at radius 3 is 2.43 bits per heavy atom. The van der Waals surface area contributed by atoms with Gasteiger partial charge >= 0.3 is 5.97 Å². The number of amides is 1. The third-order valence-electron chi connectivity index (χ3n) is 4.42. The van der Waals surface area contributed by atoms with E-state index in [1.165, 1.54) is 0 Å². The molecule has 2 aromatic carbocycles. The fraction of sp³-hybridized carbons (Fsp3) is 0.364. The molecule has 0 spiro atoms. The highest BCUT2D eigenvalue weighted by Crippen LogP contribution is 2.17. The van der Waals surface area contributed by atoms with Crippen LogP contribution in [0.5, 0.6) is 0 Å².